The van der Waals surface area contributed by atoms with Gasteiger partial charge < -0.3 is 20.3 Å². The minimum absolute atomic E-state index is 0.0903. The van der Waals surface area contributed by atoms with Crippen LogP contribution in [0.1, 0.15) is 32.6 Å². The van der Waals surface area contributed by atoms with Crippen LogP contribution >= 0.6 is 0 Å². The van der Waals surface area contributed by atoms with Crippen LogP contribution in [0.4, 0.5) is 9.59 Å². The largest absolute Gasteiger partial charge is 0.450 e. The van der Waals surface area contributed by atoms with Gasteiger partial charge in [-0.05, 0) is 39.3 Å². The highest BCUT2D eigenvalue weighted by Crippen LogP contribution is 2.11. The normalized spacial score (nSPS) is 18.4. The molecule has 0 spiro atoms. The van der Waals surface area contributed by atoms with E-state index < -0.39 is 6.03 Å². The molecule has 1 saturated heterocycles. The number of carbonyl (C=O) groups excluding carboxylic acids is 3. The summed E-state index contributed by atoms with van der Waals surface area (Å²) in [5.74, 6) is -0.280. The van der Waals surface area contributed by atoms with Crippen LogP contribution in [0.5, 0.6) is 0 Å². The third-order valence-electron chi connectivity index (χ3n) is 3.46. The SMILES string of the molecule is CCOC(=O)N[C@H]1CCCN(CCCC(=O)NC(=O)NC)C1. The lowest BCUT2D eigenvalue weighted by molar-refractivity contribution is -0.120. The van der Waals surface area contributed by atoms with Gasteiger partial charge in [0, 0.05) is 26.1 Å². The summed E-state index contributed by atoms with van der Waals surface area (Å²) in [5, 5.41) is 7.42. The molecule has 1 atom stereocenters. The van der Waals surface area contributed by atoms with E-state index in [9.17, 15) is 14.4 Å². The molecule has 8 heteroatoms. The van der Waals surface area contributed by atoms with E-state index in [1.807, 2.05) is 0 Å². The van der Waals surface area contributed by atoms with Crippen molar-refractivity contribution in [1.29, 1.82) is 0 Å². The Labute approximate surface area is 130 Å². The van der Waals surface area contributed by atoms with E-state index >= 15 is 0 Å². The van der Waals surface area contributed by atoms with Gasteiger partial charge in [-0.1, -0.05) is 0 Å². The number of rotatable bonds is 6. The zero-order valence-electron chi connectivity index (χ0n) is 13.3. The summed E-state index contributed by atoms with van der Waals surface area (Å²) in [5.41, 5.74) is 0. The lowest BCUT2D eigenvalue weighted by Crippen LogP contribution is -2.48. The summed E-state index contributed by atoms with van der Waals surface area (Å²) in [4.78, 5) is 36.1. The van der Waals surface area contributed by atoms with Gasteiger partial charge in [0.25, 0.3) is 0 Å². The molecule has 0 aromatic carbocycles. The van der Waals surface area contributed by atoms with Crippen molar-refractivity contribution in [2.75, 3.05) is 33.3 Å². The first-order valence-electron chi connectivity index (χ1n) is 7.72. The summed E-state index contributed by atoms with van der Waals surface area (Å²) in [6.07, 6.45) is 2.54. The number of ether oxygens (including phenoxy) is 1. The molecule has 4 amide bonds. The first kappa shape index (κ1) is 18.2. The van der Waals surface area contributed by atoms with Gasteiger partial charge in [-0.15, -0.1) is 0 Å². The fourth-order valence-corrected chi connectivity index (χ4v) is 2.43. The predicted molar refractivity (Wildman–Crippen MR) is 81.5 cm³/mol. The molecule has 22 heavy (non-hydrogen) atoms. The predicted octanol–water partition coefficient (Wildman–Crippen LogP) is 0.433. The van der Waals surface area contributed by atoms with Crippen LogP contribution in [-0.2, 0) is 9.53 Å². The minimum Gasteiger partial charge on any atom is -0.450 e. The maximum absolute atomic E-state index is 11.5. The molecule has 1 aliphatic rings. The highest BCUT2D eigenvalue weighted by molar-refractivity contribution is 5.94. The maximum Gasteiger partial charge on any atom is 0.407 e. The molecular formula is C14H26N4O4. The highest BCUT2D eigenvalue weighted by Gasteiger charge is 2.21. The standard InChI is InChI=1S/C14H26N4O4/c1-3-22-14(21)16-11-6-4-8-18(10-11)9-5-7-12(19)17-13(20)15-2/h11H,3-10H2,1-2H3,(H,16,21)(H2,15,17,19,20)/t11-/m0/s1. The van der Waals surface area contributed by atoms with Gasteiger partial charge in [0.1, 0.15) is 0 Å². The Balaban J connectivity index is 2.21. The second kappa shape index (κ2) is 9.99. The molecule has 1 heterocycles. The van der Waals surface area contributed by atoms with Crippen molar-refractivity contribution in [3.05, 3.63) is 0 Å². The van der Waals surface area contributed by atoms with Crippen LogP contribution in [0.15, 0.2) is 0 Å². The van der Waals surface area contributed by atoms with Gasteiger partial charge in [-0.25, -0.2) is 9.59 Å². The van der Waals surface area contributed by atoms with E-state index in [-0.39, 0.29) is 18.0 Å². The highest BCUT2D eigenvalue weighted by atomic mass is 16.5. The van der Waals surface area contributed by atoms with E-state index in [2.05, 4.69) is 20.9 Å². The quantitative estimate of drug-likeness (QED) is 0.660. The monoisotopic (exact) mass is 314 g/mol. The molecule has 0 aromatic heterocycles. The van der Waals surface area contributed by atoms with E-state index in [0.29, 0.717) is 19.4 Å². The first-order valence-corrected chi connectivity index (χ1v) is 7.72. The van der Waals surface area contributed by atoms with Crippen molar-refractivity contribution in [3.8, 4) is 0 Å². The molecule has 0 unspecified atom stereocenters. The molecule has 0 aromatic rings. The van der Waals surface area contributed by atoms with E-state index in [4.69, 9.17) is 4.74 Å². The number of imide groups is 1. The minimum atomic E-state index is -0.485. The van der Waals surface area contributed by atoms with Crippen molar-refractivity contribution < 1.29 is 19.1 Å². The lowest BCUT2D eigenvalue weighted by Gasteiger charge is -2.32. The third kappa shape index (κ3) is 7.26. The molecular weight excluding hydrogens is 288 g/mol. The number of piperidine rings is 1. The van der Waals surface area contributed by atoms with Crippen molar-refractivity contribution >= 4 is 18.0 Å². The van der Waals surface area contributed by atoms with Gasteiger partial charge in [0.2, 0.25) is 5.91 Å². The number of likely N-dealkylation sites (tertiary alicyclic amines) is 1. The molecule has 1 aliphatic heterocycles. The van der Waals surface area contributed by atoms with Gasteiger partial charge >= 0.3 is 12.1 Å². The fourth-order valence-electron chi connectivity index (χ4n) is 2.43. The number of hydrogen-bond donors (Lipinski definition) is 3. The summed E-state index contributed by atoms with van der Waals surface area (Å²) >= 11 is 0. The van der Waals surface area contributed by atoms with E-state index in [1.54, 1.807) is 6.92 Å². The number of urea groups is 1. The Morgan fingerprint density at radius 2 is 2.09 bits per heavy atom. The number of alkyl carbamates (subject to hydrolysis) is 1. The van der Waals surface area contributed by atoms with Crippen LogP contribution < -0.4 is 16.0 Å². The van der Waals surface area contributed by atoms with Crippen LogP contribution in [0.2, 0.25) is 0 Å². The average molecular weight is 314 g/mol. The molecule has 1 fully saturated rings. The summed E-state index contributed by atoms with van der Waals surface area (Å²) < 4.78 is 4.88. The molecule has 0 aliphatic carbocycles. The Morgan fingerprint density at radius 3 is 2.77 bits per heavy atom. The fraction of sp³-hybridized carbons (Fsp3) is 0.786. The van der Waals surface area contributed by atoms with Gasteiger partial charge in [-0.2, -0.15) is 0 Å². The second-order valence-corrected chi connectivity index (χ2v) is 5.24. The Bertz CT molecular complexity index is 389. The van der Waals surface area contributed by atoms with Crippen molar-refractivity contribution in [1.82, 2.24) is 20.9 Å². The Morgan fingerprint density at radius 1 is 1.32 bits per heavy atom. The van der Waals surface area contributed by atoms with Crippen LogP contribution in [0, 0.1) is 0 Å². The summed E-state index contributed by atoms with van der Waals surface area (Å²) in [6.45, 7) is 4.62. The number of hydrogen-bond acceptors (Lipinski definition) is 5. The van der Waals surface area contributed by atoms with Crippen molar-refractivity contribution in [2.24, 2.45) is 0 Å². The summed E-state index contributed by atoms with van der Waals surface area (Å²) in [7, 11) is 1.47. The number of carbonyl (C=O) groups is 3. The van der Waals surface area contributed by atoms with Crippen molar-refractivity contribution in [2.45, 2.75) is 38.6 Å². The molecule has 126 valence electrons. The lowest BCUT2D eigenvalue weighted by atomic mass is 10.1. The maximum atomic E-state index is 11.5. The number of nitrogens with zero attached hydrogens (tertiary/aromatic N) is 1. The first-order chi connectivity index (χ1) is 10.5. The molecule has 3 N–H and O–H groups in total. The molecule has 0 radical (unpaired) electrons. The van der Waals surface area contributed by atoms with E-state index in [1.165, 1.54) is 7.05 Å². The zero-order valence-corrected chi connectivity index (χ0v) is 13.3. The summed E-state index contributed by atoms with van der Waals surface area (Å²) in [6, 6.07) is -0.394. The second-order valence-electron chi connectivity index (χ2n) is 5.24. The number of nitrogens with one attached hydrogen (secondary N) is 3. The zero-order chi connectivity index (χ0) is 16.4. The Kier molecular flexibility index (Phi) is 8.27. The molecule has 8 nitrogen and oxygen atoms in total. The average Bonchev–Trinajstić information content (AvgIpc) is 2.47. The Hall–Kier alpha value is -1.83. The molecule has 0 bridgehead atoms. The van der Waals surface area contributed by atoms with Crippen LogP contribution in [0.3, 0.4) is 0 Å². The van der Waals surface area contributed by atoms with Crippen molar-refractivity contribution in [3.63, 3.8) is 0 Å². The third-order valence-corrected chi connectivity index (χ3v) is 3.46. The van der Waals surface area contributed by atoms with Gasteiger partial charge in [0.05, 0.1) is 6.61 Å². The molecule has 1 rings (SSSR count). The number of amides is 4. The van der Waals surface area contributed by atoms with Gasteiger partial charge in [-0.3, -0.25) is 10.1 Å². The molecule has 0 saturated carbocycles. The van der Waals surface area contributed by atoms with E-state index in [0.717, 1.165) is 32.5 Å². The van der Waals surface area contributed by atoms with Crippen LogP contribution in [-0.4, -0.2) is 62.3 Å². The smallest absolute Gasteiger partial charge is 0.407 e. The van der Waals surface area contributed by atoms with Crippen LogP contribution in [0.25, 0.3) is 0 Å². The topological polar surface area (TPSA) is 99.8 Å². The van der Waals surface area contributed by atoms with Gasteiger partial charge in [0.15, 0.2) is 0 Å².